The molecule has 0 saturated heterocycles. The fourth-order valence-corrected chi connectivity index (χ4v) is 1.82. The van der Waals surface area contributed by atoms with Crippen LogP contribution in [-0.2, 0) is 4.79 Å². The lowest BCUT2D eigenvalue weighted by molar-refractivity contribution is -0.139. The molecular weight excluding hydrogens is 272 g/mol. The third-order valence-electron chi connectivity index (χ3n) is 2.92. The Balaban J connectivity index is 1.80. The highest BCUT2D eigenvalue weighted by atomic mass is 16.4. The Bertz CT molecular complexity index is 711. The number of rotatable bonds is 3. The standard InChI is InChI=1S/C13H10N6O2/c20-13(21)9-4-2-8(3-5-9)10-16-18-12(19-17-10)11-14-6-1-7-15-11/h1-4,6-7,9H,5H2,(H,20,21). The van der Waals surface area contributed by atoms with E-state index < -0.39 is 11.9 Å². The second-order valence-electron chi connectivity index (χ2n) is 4.32. The summed E-state index contributed by atoms with van der Waals surface area (Å²) in [5.41, 5.74) is 0.702. The Kier molecular flexibility index (Phi) is 3.42. The van der Waals surface area contributed by atoms with Gasteiger partial charge in [-0.2, -0.15) is 0 Å². The summed E-state index contributed by atoms with van der Waals surface area (Å²) >= 11 is 0. The number of aliphatic carboxylic acids is 1. The summed E-state index contributed by atoms with van der Waals surface area (Å²) < 4.78 is 0. The van der Waals surface area contributed by atoms with Crippen LogP contribution in [0.5, 0.6) is 0 Å². The molecule has 0 saturated carbocycles. The first kappa shape index (κ1) is 13.0. The molecule has 8 heteroatoms. The molecule has 2 aromatic rings. The lowest BCUT2D eigenvalue weighted by atomic mass is 9.97. The van der Waals surface area contributed by atoms with Gasteiger partial charge in [-0.15, -0.1) is 20.4 Å². The number of carboxylic acids is 1. The van der Waals surface area contributed by atoms with Crippen LogP contribution in [0, 0.1) is 5.92 Å². The Morgan fingerprint density at radius 2 is 1.71 bits per heavy atom. The van der Waals surface area contributed by atoms with Gasteiger partial charge in [0, 0.05) is 18.0 Å². The van der Waals surface area contributed by atoms with Gasteiger partial charge in [-0.1, -0.05) is 18.2 Å². The first-order valence-electron chi connectivity index (χ1n) is 6.20. The number of carbonyl (C=O) groups is 1. The summed E-state index contributed by atoms with van der Waals surface area (Å²) in [5.74, 6) is -0.428. The SMILES string of the molecule is O=C(O)C1C=CC(c2nnc(-c3ncccn3)nn2)=CC1. The lowest BCUT2D eigenvalue weighted by Gasteiger charge is -2.10. The molecule has 1 unspecified atom stereocenters. The topological polar surface area (TPSA) is 115 Å². The van der Waals surface area contributed by atoms with E-state index in [1.807, 2.05) is 0 Å². The van der Waals surface area contributed by atoms with Crippen LogP contribution in [0.1, 0.15) is 12.2 Å². The molecule has 2 heterocycles. The van der Waals surface area contributed by atoms with Gasteiger partial charge in [0.2, 0.25) is 17.5 Å². The van der Waals surface area contributed by atoms with Crippen LogP contribution in [0.15, 0.2) is 36.7 Å². The molecule has 1 N–H and O–H groups in total. The van der Waals surface area contributed by atoms with Crippen LogP contribution in [0.4, 0.5) is 0 Å². The first-order valence-corrected chi connectivity index (χ1v) is 6.20. The Morgan fingerprint density at radius 3 is 2.29 bits per heavy atom. The monoisotopic (exact) mass is 282 g/mol. The summed E-state index contributed by atoms with van der Waals surface area (Å²) in [5, 5.41) is 24.7. The van der Waals surface area contributed by atoms with Crippen LogP contribution in [0.25, 0.3) is 17.2 Å². The number of hydrogen-bond donors (Lipinski definition) is 1. The lowest BCUT2D eigenvalue weighted by Crippen LogP contribution is -2.12. The zero-order valence-corrected chi connectivity index (χ0v) is 10.8. The third-order valence-corrected chi connectivity index (χ3v) is 2.92. The van der Waals surface area contributed by atoms with Crippen LogP contribution in [0.2, 0.25) is 0 Å². The maximum atomic E-state index is 10.8. The molecule has 0 radical (unpaired) electrons. The molecule has 0 amide bonds. The Morgan fingerprint density at radius 1 is 1.05 bits per heavy atom. The van der Waals surface area contributed by atoms with Gasteiger partial charge < -0.3 is 5.11 Å². The van der Waals surface area contributed by atoms with Gasteiger partial charge in [-0.3, -0.25) is 4.79 Å². The number of hydrogen-bond acceptors (Lipinski definition) is 7. The van der Waals surface area contributed by atoms with E-state index in [0.29, 0.717) is 23.6 Å². The first-order chi connectivity index (χ1) is 10.2. The highest BCUT2D eigenvalue weighted by Crippen LogP contribution is 2.21. The van der Waals surface area contributed by atoms with Gasteiger partial charge in [0.25, 0.3) is 0 Å². The van der Waals surface area contributed by atoms with Crippen LogP contribution >= 0.6 is 0 Å². The fourth-order valence-electron chi connectivity index (χ4n) is 1.82. The van der Waals surface area contributed by atoms with Gasteiger partial charge in [-0.25, -0.2) is 9.97 Å². The largest absolute Gasteiger partial charge is 0.481 e. The normalized spacial score (nSPS) is 17.3. The molecule has 0 bridgehead atoms. The molecule has 104 valence electrons. The zero-order chi connectivity index (χ0) is 14.7. The van der Waals surface area contributed by atoms with Crippen LogP contribution < -0.4 is 0 Å². The van der Waals surface area contributed by atoms with Crippen molar-refractivity contribution in [3.8, 4) is 11.6 Å². The molecule has 0 spiro atoms. The minimum absolute atomic E-state index is 0.239. The van der Waals surface area contributed by atoms with Crippen LogP contribution in [0.3, 0.4) is 0 Å². The molecule has 1 aliphatic rings. The van der Waals surface area contributed by atoms with Crippen molar-refractivity contribution in [1.82, 2.24) is 30.4 Å². The van der Waals surface area contributed by atoms with E-state index in [-0.39, 0.29) is 5.82 Å². The minimum Gasteiger partial charge on any atom is -0.481 e. The number of aromatic nitrogens is 6. The molecule has 0 aliphatic heterocycles. The molecule has 1 aliphatic carbocycles. The fraction of sp³-hybridized carbons (Fsp3) is 0.154. The van der Waals surface area contributed by atoms with Gasteiger partial charge in [-0.05, 0) is 12.5 Å². The van der Waals surface area contributed by atoms with Gasteiger partial charge in [0.15, 0.2) is 0 Å². The summed E-state index contributed by atoms with van der Waals surface area (Å²) in [7, 11) is 0. The van der Waals surface area contributed by atoms with E-state index in [2.05, 4.69) is 30.4 Å². The second kappa shape index (κ2) is 5.53. The van der Waals surface area contributed by atoms with Gasteiger partial charge in [0.1, 0.15) is 0 Å². The van der Waals surface area contributed by atoms with Gasteiger partial charge >= 0.3 is 5.97 Å². The van der Waals surface area contributed by atoms with Crippen molar-refractivity contribution < 1.29 is 9.90 Å². The molecule has 8 nitrogen and oxygen atoms in total. The van der Waals surface area contributed by atoms with Crippen molar-refractivity contribution in [2.45, 2.75) is 6.42 Å². The van der Waals surface area contributed by atoms with Crippen LogP contribution in [-0.4, -0.2) is 41.4 Å². The van der Waals surface area contributed by atoms with Crippen molar-refractivity contribution in [3.05, 3.63) is 42.5 Å². The van der Waals surface area contributed by atoms with Crippen molar-refractivity contribution >= 4 is 11.5 Å². The Labute approximate surface area is 119 Å². The van der Waals surface area contributed by atoms with E-state index >= 15 is 0 Å². The number of nitrogens with zero attached hydrogens (tertiary/aromatic N) is 6. The molecule has 0 fully saturated rings. The van der Waals surface area contributed by atoms with E-state index in [9.17, 15) is 4.79 Å². The van der Waals surface area contributed by atoms with Crippen molar-refractivity contribution in [3.63, 3.8) is 0 Å². The van der Waals surface area contributed by atoms with Crippen molar-refractivity contribution in [1.29, 1.82) is 0 Å². The number of allylic oxidation sites excluding steroid dienone is 3. The molecular formula is C13H10N6O2. The number of carboxylic acid groups (broad SMARTS) is 1. The predicted octanol–water partition coefficient (Wildman–Crippen LogP) is 0.768. The molecule has 3 rings (SSSR count). The van der Waals surface area contributed by atoms with E-state index in [4.69, 9.17) is 5.11 Å². The Hall–Kier alpha value is -3.03. The molecule has 2 aromatic heterocycles. The minimum atomic E-state index is -0.852. The second-order valence-corrected chi connectivity index (χ2v) is 4.32. The zero-order valence-electron chi connectivity index (χ0n) is 10.8. The average Bonchev–Trinajstić information content (AvgIpc) is 2.56. The van der Waals surface area contributed by atoms with Crippen molar-refractivity contribution in [2.75, 3.05) is 0 Å². The van der Waals surface area contributed by atoms with Crippen molar-refractivity contribution in [2.24, 2.45) is 5.92 Å². The molecule has 1 atom stereocenters. The summed E-state index contributed by atoms with van der Waals surface area (Å²) in [6, 6.07) is 1.69. The third kappa shape index (κ3) is 2.78. The van der Waals surface area contributed by atoms with Gasteiger partial charge in [0.05, 0.1) is 5.92 Å². The summed E-state index contributed by atoms with van der Waals surface area (Å²) in [6.07, 6.45) is 8.59. The molecule has 21 heavy (non-hydrogen) atoms. The smallest absolute Gasteiger partial charge is 0.310 e. The average molecular weight is 282 g/mol. The van der Waals surface area contributed by atoms with E-state index in [1.165, 1.54) is 0 Å². The summed E-state index contributed by atoms with van der Waals surface area (Å²) in [6.45, 7) is 0. The van der Waals surface area contributed by atoms with E-state index in [1.54, 1.807) is 36.7 Å². The molecule has 0 aromatic carbocycles. The highest BCUT2D eigenvalue weighted by molar-refractivity contribution is 5.78. The quantitative estimate of drug-likeness (QED) is 0.877. The summed E-state index contributed by atoms with van der Waals surface area (Å²) in [4.78, 5) is 18.9. The maximum absolute atomic E-state index is 10.8. The maximum Gasteiger partial charge on any atom is 0.310 e. The highest BCUT2D eigenvalue weighted by Gasteiger charge is 2.18. The van der Waals surface area contributed by atoms with E-state index in [0.717, 1.165) is 0 Å². The predicted molar refractivity (Wildman–Crippen MR) is 71.5 cm³/mol.